The molecular weight excluding hydrogens is 324 g/mol. The lowest BCUT2D eigenvalue weighted by molar-refractivity contribution is -0.123. The van der Waals surface area contributed by atoms with Gasteiger partial charge in [-0.15, -0.1) is 0 Å². The topological polar surface area (TPSA) is 50.7 Å². The Morgan fingerprint density at radius 1 is 1.08 bits per heavy atom. The molecule has 0 saturated heterocycles. The summed E-state index contributed by atoms with van der Waals surface area (Å²) in [6, 6.07) is 17.8. The number of benzene rings is 2. The van der Waals surface area contributed by atoms with Crippen molar-refractivity contribution in [2.75, 3.05) is 6.61 Å². The number of carbonyl (C=O) groups excluding carboxylic acids is 1. The number of nitrogens with zero attached hydrogens (tertiary/aromatic N) is 1. The van der Waals surface area contributed by atoms with Gasteiger partial charge in [-0.1, -0.05) is 75.7 Å². The number of nitrogens with one attached hydrogen (secondary N) is 1. The maximum atomic E-state index is 12.2. The first-order valence-corrected chi connectivity index (χ1v) is 9.28. The Labute approximate surface area is 156 Å². The van der Waals surface area contributed by atoms with Crippen molar-refractivity contribution in [1.29, 1.82) is 0 Å². The molecule has 1 amide bonds. The average Bonchev–Trinajstić information content (AvgIpc) is 2.69. The number of ether oxygens (including phenoxy) is 1. The normalized spacial score (nSPS) is 12.5. The first kappa shape index (κ1) is 19.7. The van der Waals surface area contributed by atoms with Crippen LogP contribution in [0.4, 0.5) is 0 Å². The van der Waals surface area contributed by atoms with Crippen molar-refractivity contribution < 1.29 is 9.53 Å². The number of para-hydroxylation sites is 1. The highest BCUT2D eigenvalue weighted by atomic mass is 16.5. The molecule has 0 heterocycles. The lowest BCUT2D eigenvalue weighted by Gasteiger charge is -2.15. The first-order chi connectivity index (χ1) is 12.7. The van der Waals surface area contributed by atoms with Crippen LogP contribution < -0.4 is 10.2 Å². The van der Waals surface area contributed by atoms with Crippen LogP contribution in [0.5, 0.6) is 5.75 Å². The molecule has 138 valence electrons. The van der Waals surface area contributed by atoms with Crippen LogP contribution in [-0.4, -0.2) is 18.2 Å². The lowest BCUT2D eigenvalue weighted by atomic mass is 9.98. The third-order valence-electron chi connectivity index (χ3n) is 4.33. The highest BCUT2D eigenvalue weighted by molar-refractivity contribution is 6.01. The van der Waals surface area contributed by atoms with Crippen molar-refractivity contribution in [3.63, 3.8) is 0 Å². The van der Waals surface area contributed by atoms with Crippen molar-refractivity contribution in [1.82, 2.24) is 5.43 Å². The third kappa shape index (κ3) is 5.73. The maximum absolute atomic E-state index is 12.2. The van der Waals surface area contributed by atoms with Crippen LogP contribution in [-0.2, 0) is 4.79 Å². The minimum atomic E-state index is -0.256. The standard InChI is InChI=1S/C22H28N2O2/c1-4-11-20(18-12-7-6-8-13-18)23-24-22(25)16-26-21-15-10-9-14-19(21)17(3)5-2/h6-10,12-15,17H,4-5,11,16H2,1-3H3,(H,24,25)/b23-20+. The van der Waals surface area contributed by atoms with Gasteiger partial charge in [-0.3, -0.25) is 4.79 Å². The summed E-state index contributed by atoms with van der Waals surface area (Å²) in [6.07, 6.45) is 2.79. The Morgan fingerprint density at radius 2 is 1.77 bits per heavy atom. The van der Waals surface area contributed by atoms with E-state index in [0.29, 0.717) is 5.92 Å². The predicted molar refractivity (Wildman–Crippen MR) is 107 cm³/mol. The van der Waals surface area contributed by atoms with Gasteiger partial charge in [0.15, 0.2) is 6.61 Å². The van der Waals surface area contributed by atoms with Crippen molar-refractivity contribution in [2.45, 2.75) is 46.0 Å². The van der Waals surface area contributed by atoms with Crippen molar-refractivity contribution in [3.05, 3.63) is 65.7 Å². The van der Waals surface area contributed by atoms with E-state index in [9.17, 15) is 4.79 Å². The van der Waals surface area contributed by atoms with Gasteiger partial charge < -0.3 is 4.74 Å². The summed E-state index contributed by atoms with van der Waals surface area (Å²) in [5, 5.41) is 4.31. The van der Waals surface area contributed by atoms with E-state index in [0.717, 1.165) is 41.9 Å². The minimum Gasteiger partial charge on any atom is -0.483 e. The number of amides is 1. The zero-order chi connectivity index (χ0) is 18.8. The molecule has 0 fully saturated rings. The average molecular weight is 352 g/mol. The third-order valence-corrected chi connectivity index (χ3v) is 4.33. The molecule has 2 aromatic carbocycles. The highest BCUT2D eigenvalue weighted by Crippen LogP contribution is 2.28. The lowest BCUT2D eigenvalue weighted by Crippen LogP contribution is -2.26. The zero-order valence-electron chi connectivity index (χ0n) is 15.9. The van der Waals surface area contributed by atoms with Gasteiger partial charge in [0.05, 0.1) is 5.71 Å². The van der Waals surface area contributed by atoms with Crippen LogP contribution in [0.2, 0.25) is 0 Å². The summed E-state index contributed by atoms with van der Waals surface area (Å²) >= 11 is 0. The fourth-order valence-corrected chi connectivity index (χ4v) is 2.68. The van der Waals surface area contributed by atoms with E-state index in [2.05, 4.69) is 31.3 Å². The summed E-state index contributed by atoms with van der Waals surface area (Å²) in [7, 11) is 0. The monoisotopic (exact) mass is 352 g/mol. The van der Waals surface area contributed by atoms with E-state index in [1.165, 1.54) is 0 Å². The van der Waals surface area contributed by atoms with Gasteiger partial charge in [0, 0.05) is 0 Å². The molecule has 26 heavy (non-hydrogen) atoms. The van der Waals surface area contributed by atoms with Crippen molar-refractivity contribution in [2.24, 2.45) is 5.10 Å². The van der Waals surface area contributed by atoms with Gasteiger partial charge in [-0.2, -0.15) is 5.10 Å². The Bertz CT molecular complexity index is 726. The van der Waals surface area contributed by atoms with E-state index >= 15 is 0 Å². The zero-order valence-corrected chi connectivity index (χ0v) is 15.9. The van der Waals surface area contributed by atoms with Crippen molar-refractivity contribution >= 4 is 11.6 Å². The Morgan fingerprint density at radius 3 is 2.46 bits per heavy atom. The second-order valence-electron chi connectivity index (χ2n) is 6.35. The molecule has 1 unspecified atom stereocenters. The summed E-state index contributed by atoms with van der Waals surface area (Å²) in [5.74, 6) is 0.896. The summed E-state index contributed by atoms with van der Waals surface area (Å²) in [6.45, 7) is 6.34. The molecule has 2 rings (SSSR count). The van der Waals surface area contributed by atoms with Crippen LogP contribution in [0, 0.1) is 0 Å². The summed E-state index contributed by atoms with van der Waals surface area (Å²) < 4.78 is 5.74. The molecular formula is C22H28N2O2. The molecule has 1 atom stereocenters. The molecule has 0 spiro atoms. The van der Waals surface area contributed by atoms with Gasteiger partial charge in [-0.25, -0.2) is 5.43 Å². The first-order valence-electron chi connectivity index (χ1n) is 9.28. The molecule has 0 bridgehead atoms. The Balaban J connectivity index is 1.98. The van der Waals surface area contributed by atoms with E-state index < -0.39 is 0 Å². The number of hydrogen-bond donors (Lipinski definition) is 1. The SMILES string of the molecule is CCC/C(=N\NC(=O)COc1ccccc1C(C)CC)c1ccccc1. The van der Waals surface area contributed by atoms with E-state index in [1.54, 1.807) is 0 Å². The Kier molecular flexibility index (Phi) is 7.87. The largest absolute Gasteiger partial charge is 0.483 e. The summed E-state index contributed by atoms with van der Waals surface area (Å²) in [5.41, 5.74) is 5.65. The van der Waals surface area contributed by atoms with Gasteiger partial charge in [0.25, 0.3) is 5.91 Å². The van der Waals surface area contributed by atoms with Crippen LogP contribution in [0.1, 0.15) is 57.1 Å². The van der Waals surface area contributed by atoms with Gasteiger partial charge in [0.2, 0.25) is 0 Å². The number of rotatable bonds is 9. The molecule has 4 nitrogen and oxygen atoms in total. The number of hydrazone groups is 1. The van der Waals surface area contributed by atoms with Crippen LogP contribution >= 0.6 is 0 Å². The molecule has 0 radical (unpaired) electrons. The molecule has 0 aliphatic rings. The predicted octanol–water partition coefficient (Wildman–Crippen LogP) is 4.90. The molecule has 1 N–H and O–H groups in total. The molecule has 4 heteroatoms. The van der Waals surface area contributed by atoms with Gasteiger partial charge in [-0.05, 0) is 36.0 Å². The smallest absolute Gasteiger partial charge is 0.277 e. The second kappa shape index (κ2) is 10.4. The number of carbonyl (C=O) groups is 1. The van der Waals surface area contributed by atoms with Crippen LogP contribution in [0.25, 0.3) is 0 Å². The van der Waals surface area contributed by atoms with Crippen LogP contribution in [0.3, 0.4) is 0 Å². The Hall–Kier alpha value is -2.62. The van der Waals surface area contributed by atoms with Gasteiger partial charge in [0.1, 0.15) is 5.75 Å². The number of hydrogen-bond acceptors (Lipinski definition) is 3. The maximum Gasteiger partial charge on any atom is 0.277 e. The van der Waals surface area contributed by atoms with Crippen molar-refractivity contribution in [3.8, 4) is 5.75 Å². The molecule has 0 aliphatic heterocycles. The van der Waals surface area contributed by atoms with Crippen LogP contribution in [0.15, 0.2) is 59.7 Å². The fourth-order valence-electron chi connectivity index (χ4n) is 2.68. The van der Waals surface area contributed by atoms with Gasteiger partial charge >= 0.3 is 0 Å². The fraction of sp³-hybridized carbons (Fsp3) is 0.364. The summed E-state index contributed by atoms with van der Waals surface area (Å²) in [4.78, 5) is 12.2. The second-order valence-corrected chi connectivity index (χ2v) is 6.35. The van der Waals surface area contributed by atoms with E-state index in [4.69, 9.17) is 4.74 Å². The molecule has 2 aromatic rings. The molecule has 0 aliphatic carbocycles. The minimum absolute atomic E-state index is 0.0505. The van der Waals surface area contributed by atoms with E-state index in [1.807, 2.05) is 54.6 Å². The quantitative estimate of drug-likeness (QED) is 0.515. The highest BCUT2D eigenvalue weighted by Gasteiger charge is 2.11. The molecule has 0 aromatic heterocycles. The van der Waals surface area contributed by atoms with E-state index in [-0.39, 0.29) is 12.5 Å². The molecule has 0 saturated carbocycles.